The first-order valence-corrected chi connectivity index (χ1v) is 17.0. The number of aliphatic hydroxyl groups is 1. The first-order chi connectivity index (χ1) is 23.3. The van der Waals surface area contributed by atoms with E-state index in [1.807, 2.05) is 40.9 Å². The van der Waals surface area contributed by atoms with Crippen LogP contribution in [0.3, 0.4) is 0 Å². The average Bonchev–Trinajstić information content (AvgIpc) is 3.81. The van der Waals surface area contributed by atoms with Crippen LogP contribution in [0.1, 0.15) is 94.7 Å². The van der Waals surface area contributed by atoms with Gasteiger partial charge in [-0.25, -0.2) is 9.48 Å². The molecular weight excluding hydrogens is 608 g/mol. The van der Waals surface area contributed by atoms with Crippen LogP contribution in [0.25, 0.3) is 11.3 Å². The van der Waals surface area contributed by atoms with Crippen molar-refractivity contribution < 1.29 is 14.6 Å². The third kappa shape index (κ3) is 6.21. The summed E-state index contributed by atoms with van der Waals surface area (Å²) in [6, 6.07) is 14.2. The smallest absolute Gasteiger partial charge is 0.320 e. The molecule has 48 heavy (non-hydrogen) atoms. The first kappa shape index (κ1) is 31.7. The van der Waals surface area contributed by atoms with E-state index in [0.717, 1.165) is 53.4 Å². The van der Waals surface area contributed by atoms with Crippen LogP contribution in [0.5, 0.6) is 5.75 Å². The van der Waals surface area contributed by atoms with Gasteiger partial charge in [0.15, 0.2) is 5.65 Å². The van der Waals surface area contributed by atoms with Crippen molar-refractivity contribution in [3.05, 3.63) is 77.9 Å². The van der Waals surface area contributed by atoms with Gasteiger partial charge in [0.25, 0.3) is 0 Å². The van der Waals surface area contributed by atoms with Crippen LogP contribution in [0.2, 0.25) is 0 Å². The number of aromatic nitrogens is 7. The second-order valence-electron chi connectivity index (χ2n) is 13.3. The number of pyridine rings is 1. The molecule has 4 aromatic heterocycles. The van der Waals surface area contributed by atoms with Crippen molar-refractivity contribution in [1.29, 1.82) is 0 Å². The molecule has 3 N–H and O–H groups in total. The molecule has 2 aliphatic rings. The van der Waals surface area contributed by atoms with E-state index in [2.05, 4.69) is 70.7 Å². The third-order valence-corrected chi connectivity index (χ3v) is 9.56. The molecule has 1 aliphatic carbocycles. The first-order valence-electron chi connectivity index (χ1n) is 17.0. The lowest BCUT2D eigenvalue weighted by Gasteiger charge is -2.39. The van der Waals surface area contributed by atoms with E-state index >= 15 is 0 Å². The number of carbonyl (C=O) groups excluding carboxylic acids is 1. The number of benzene rings is 1. The molecule has 13 heteroatoms. The summed E-state index contributed by atoms with van der Waals surface area (Å²) in [5, 5.41) is 33.6. The summed E-state index contributed by atoms with van der Waals surface area (Å²) in [5.41, 5.74) is 4.43. The Labute approximate surface area is 279 Å². The summed E-state index contributed by atoms with van der Waals surface area (Å²) in [5.74, 6) is 2.32. The minimum Gasteiger partial charge on any atom is -0.484 e. The van der Waals surface area contributed by atoms with Crippen LogP contribution in [0.15, 0.2) is 61.1 Å². The zero-order chi connectivity index (χ0) is 33.4. The molecule has 5 aromatic rings. The highest BCUT2D eigenvalue weighted by atomic mass is 16.5. The van der Waals surface area contributed by atoms with Gasteiger partial charge in [-0.3, -0.25) is 14.4 Å². The summed E-state index contributed by atoms with van der Waals surface area (Å²) >= 11 is 0. The molecule has 2 unspecified atom stereocenters. The number of fused-ring (bicyclic) bond motifs is 2. The Balaban J connectivity index is 1.08. The standard InChI is InChI=1S/C35H44N10O3/c1-22(2)30-18-33(45(41-30)25-19-36-42(20-25)16-17-46)38-34(47)37-29-13-14-31(28-11-6-5-10-27(28)29)48-26-12-15-32-39-40-35(43(32)21-26)44-23(3)8-7-9-24(44)4/h5-6,10-12,15,18-24,29,31,46H,7-9,13-14,16-17H2,1-4H3,(H2,37,38,47)/t23-,24+,29?,31?. The number of urea groups is 1. The number of aliphatic hydroxyl groups excluding tert-OH is 1. The molecule has 4 atom stereocenters. The van der Waals surface area contributed by atoms with E-state index in [-0.39, 0.29) is 30.7 Å². The molecule has 0 bridgehead atoms. The lowest BCUT2D eigenvalue weighted by Crippen LogP contribution is -2.44. The summed E-state index contributed by atoms with van der Waals surface area (Å²) in [7, 11) is 0. The predicted octanol–water partition coefficient (Wildman–Crippen LogP) is 5.77. The van der Waals surface area contributed by atoms with Crippen molar-refractivity contribution in [2.24, 2.45) is 0 Å². The highest BCUT2D eigenvalue weighted by molar-refractivity contribution is 5.89. The van der Waals surface area contributed by atoms with Crippen LogP contribution in [0, 0.1) is 0 Å². The zero-order valence-electron chi connectivity index (χ0n) is 28.0. The summed E-state index contributed by atoms with van der Waals surface area (Å²) in [4.78, 5) is 15.9. The van der Waals surface area contributed by atoms with Crippen molar-refractivity contribution in [3.63, 3.8) is 0 Å². The Bertz CT molecular complexity index is 1880. The SMILES string of the molecule is CC(C)c1cc(NC(=O)NC2CCC(Oc3ccc4nnc(N5[C@H](C)CCC[C@@H]5C)n4c3)c3ccccc32)n(-c2cnn(CCO)c2)n1. The van der Waals surface area contributed by atoms with Gasteiger partial charge in [0, 0.05) is 18.2 Å². The Morgan fingerprint density at radius 1 is 1.02 bits per heavy atom. The van der Waals surface area contributed by atoms with Crippen LogP contribution in [-0.2, 0) is 6.54 Å². The van der Waals surface area contributed by atoms with Gasteiger partial charge in [0.05, 0.1) is 43.5 Å². The van der Waals surface area contributed by atoms with Gasteiger partial charge in [0.1, 0.15) is 23.4 Å². The van der Waals surface area contributed by atoms with Crippen LogP contribution in [-0.4, -0.2) is 64.0 Å². The largest absolute Gasteiger partial charge is 0.484 e. The highest BCUT2D eigenvalue weighted by Crippen LogP contribution is 2.39. The maximum atomic E-state index is 13.5. The summed E-state index contributed by atoms with van der Waals surface area (Å²) < 4.78 is 12.0. The summed E-state index contributed by atoms with van der Waals surface area (Å²) in [6.45, 7) is 8.99. The van der Waals surface area contributed by atoms with Gasteiger partial charge >= 0.3 is 6.03 Å². The number of ether oxygens (including phenoxy) is 1. The molecule has 1 saturated heterocycles. The Hall–Kier alpha value is -4.91. The van der Waals surface area contributed by atoms with Crippen molar-refractivity contribution in [2.45, 2.75) is 96.5 Å². The van der Waals surface area contributed by atoms with Crippen molar-refractivity contribution in [1.82, 2.24) is 39.5 Å². The number of hydrogen-bond donors (Lipinski definition) is 3. The van der Waals surface area contributed by atoms with E-state index in [1.165, 1.54) is 6.42 Å². The molecule has 1 fully saturated rings. The third-order valence-electron chi connectivity index (χ3n) is 9.56. The van der Waals surface area contributed by atoms with E-state index in [9.17, 15) is 9.90 Å². The maximum absolute atomic E-state index is 13.5. The lowest BCUT2D eigenvalue weighted by atomic mass is 9.85. The Kier molecular flexibility index (Phi) is 8.78. The molecular formula is C35H44N10O3. The number of piperidine rings is 1. The molecule has 5 heterocycles. The van der Waals surface area contributed by atoms with Gasteiger partial charge in [0.2, 0.25) is 5.95 Å². The van der Waals surface area contributed by atoms with Gasteiger partial charge in [-0.1, -0.05) is 38.1 Å². The molecule has 13 nitrogen and oxygen atoms in total. The number of amides is 2. The molecule has 0 saturated carbocycles. The molecule has 0 spiro atoms. The number of carbonyl (C=O) groups is 1. The topological polar surface area (TPSA) is 140 Å². The number of hydrogen-bond acceptors (Lipinski definition) is 8. The van der Waals surface area contributed by atoms with Crippen LogP contribution in [0.4, 0.5) is 16.6 Å². The van der Waals surface area contributed by atoms with Gasteiger partial charge < -0.3 is 20.1 Å². The van der Waals surface area contributed by atoms with Crippen LogP contribution < -0.4 is 20.3 Å². The van der Waals surface area contributed by atoms with Crippen molar-refractivity contribution in [3.8, 4) is 11.4 Å². The normalized spacial score (nSPS) is 21.0. The fourth-order valence-corrected chi connectivity index (χ4v) is 7.07. The molecule has 7 rings (SSSR count). The molecule has 2 amide bonds. The zero-order valence-corrected chi connectivity index (χ0v) is 28.0. The second kappa shape index (κ2) is 13.3. The quantitative estimate of drug-likeness (QED) is 0.182. The molecule has 0 radical (unpaired) electrons. The van der Waals surface area contributed by atoms with Crippen molar-refractivity contribution >= 4 is 23.4 Å². The number of nitrogens with one attached hydrogen (secondary N) is 2. The highest BCUT2D eigenvalue weighted by Gasteiger charge is 2.31. The summed E-state index contributed by atoms with van der Waals surface area (Å²) in [6.07, 6.45) is 10.2. The fraction of sp³-hybridized carbons (Fsp3) is 0.457. The number of anilines is 2. The second-order valence-corrected chi connectivity index (χ2v) is 13.3. The van der Waals surface area contributed by atoms with E-state index in [0.29, 0.717) is 36.6 Å². The Morgan fingerprint density at radius 2 is 1.81 bits per heavy atom. The monoisotopic (exact) mass is 652 g/mol. The van der Waals surface area contributed by atoms with Gasteiger partial charge in [-0.2, -0.15) is 10.2 Å². The Morgan fingerprint density at radius 3 is 2.58 bits per heavy atom. The molecule has 1 aliphatic heterocycles. The average molecular weight is 653 g/mol. The van der Waals surface area contributed by atoms with E-state index < -0.39 is 0 Å². The molecule has 1 aromatic carbocycles. The van der Waals surface area contributed by atoms with E-state index in [1.54, 1.807) is 21.8 Å². The lowest BCUT2D eigenvalue weighted by molar-refractivity contribution is 0.171. The predicted molar refractivity (Wildman–Crippen MR) is 183 cm³/mol. The van der Waals surface area contributed by atoms with E-state index in [4.69, 9.17) is 9.84 Å². The number of nitrogens with zero attached hydrogens (tertiary/aromatic N) is 8. The minimum atomic E-state index is -0.319. The minimum absolute atomic E-state index is 0.0184. The van der Waals surface area contributed by atoms with Crippen molar-refractivity contribution in [2.75, 3.05) is 16.8 Å². The number of rotatable bonds is 9. The van der Waals surface area contributed by atoms with Crippen LogP contribution >= 0.6 is 0 Å². The fourth-order valence-electron chi connectivity index (χ4n) is 7.07. The maximum Gasteiger partial charge on any atom is 0.320 e. The molecule has 252 valence electrons. The van der Waals surface area contributed by atoms with Gasteiger partial charge in [-0.05, 0) is 75.1 Å². The van der Waals surface area contributed by atoms with Gasteiger partial charge in [-0.15, -0.1) is 10.2 Å².